The van der Waals surface area contributed by atoms with Gasteiger partial charge in [-0.25, -0.2) is 0 Å². The van der Waals surface area contributed by atoms with E-state index in [0.29, 0.717) is 19.1 Å². The third-order valence-electron chi connectivity index (χ3n) is 3.11. The first kappa shape index (κ1) is 11.2. The molecule has 0 bridgehead atoms. The van der Waals surface area contributed by atoms with Crippen molar-refractivity contribution in [2.24, 2.45) is 0 Å². The molecule has 0 aliphatic carbocycles. The Labute approximate surface area is 94.5 Å². The average molecular weight is 224 g/mol. The highest BCUT2D eigenvalue weighted by atomic mass is 16.5. The highest BCUT2D eigenvalue weighted by Gasteiger charge is 2.45. The lowest BCUT2D eigenvalue weighted by Crippen LogP contribution is -2.53. The predicted molar refractivity (Wildman–Crippen MR) is 57.5 cm³/mol. The predicted octanol–water partition coefficient (Wildman–Crippen LogP) is 1.30. The Kier molecular flexibility index (Phi) is 3.29. The number of aldehydes is 1. The maximum Gasteiger partial charge on any atom is 0.192 e. The Bertz CT molecular complexity index is 310. The van der Waals surface area contributed by atoms with Gasteiger partial charge in [0.05, 0.1) is 12.5 Å². The summed E-state index contributed by atoms with van der Waals surface area (Å²) in [6.45, 7) is 0. The zero-order valence-corrected chi connectivity index (χ0v) is 9.04. The molecule has 0 aromatic carbocycles. The normalized spacial score (nSPS) is 34.9. The summed E-state index contributed by atoms with van der Waals surface area (Å²) in [5.74, 6) is 0. The van der Waals surface area contributed by atoms with Crippen LogP contribution in [0.2, 0.25) is 0 Å². The van der Waals surface area contributed by atoms with Crippen molar-refractivity contribution in [2.75, 3.05) is 0 Å². The van der Waals surface area contributed by atoms with E-state index in [1.165, 1.54) is 6.26 Å². The van der Waals surface area contributed by atoms with E-state index in [0.717, 1.165) is 12.8 Å². The summed E-state index contributed by atoms with van der Waals surface area (Å²) in [4.78, 5) is 11.2. The summed E-state index contributed by atoms with van der Waals surface area (Å²) >= 11 is 0. The van der Waals surface area contributed by atoms with E-state index in [2.05, 4.69) is 0 Å². The molecule has 0 fully saturated rings. The van der Waals surface area contributed by atoms with Crippen molar-refractivity contribution in [1.82, 2.24) is 0 Å². The molecular formula is C12H16O4. The van der Waals surface area contributed by atoms with Crippen LogP contribution in [-0.4, -0.2) is 29.2 Å². The van der Waals surface area contributed by atoms with Crippen molar-refractivity contribution in [2.45, 2.75) is 43.5 Å². The second-order valence-corrected chi connectivity index (χ2v) is 4.17. The van der Waals surface area contributed by atoms with Gasteiger partial charge in [-0.2, -0.15) is 0 Å². The van der Waals surface area contributed by atoms with Crippen LogP contribution in [0.3, 0.4) is 0 Å². The monoisotopic (exact) mass is 224 g/mol. The van der Waals surface area contributed by atoms with Gasteiger partial charge in [0, 0.05) is 6.42 Å². The van der Waals surface area contributed by atoms with Gasteiger partial charge in [-0.05, 0) is 31.4 Å². The number of hydrogen-bond donors (Lipinski definition) is 1. The minimum Gasteiger partial charge on any atom is -0.495 e. The molecular weight excluding hydrogens is 208 g/mol. The van der Waals surface area contributed by atoms with E-state index in [4.69, 9.17) is 9.47 Å². The summed E-state index contributed by atoms with van der Waals surface area (Å²) in [5, 5.41) is 10.2. The molecule has 2 aliphatic rings. The summed E-state index contributed by atoms with van der Waals surface area (Å²) in [7, 11) is 0. The lowest BCUT2D eigenvalue weighted by Gasteiger charge is -2.38. The third kappa shape index (κ3) is 1.97. The highest BCUT2D eigenvalue weighted by molar-refractivity contribution is 5.64. The number of aliphatic hydroxyl groups excluding tert-OH is 1. The van der Waals surface area contributed by atoms with Crippen LogP contribution >= 0.6 is 0 Å². The minimum absolute atomic E-state index is 0.360. The number of carbonyl (C=O) groups is 1. The highest BCUT2D eigenvalue weighted by Crippen LogP contribution is 2.30. The molecule has 2 heterocycles. The fourth-order valence-electron chi connectivity index (χ4n) is 2.08. The van der Waals surface area contributed by atoms with Gasteiger partial charge in [0.25, 0.3) is 0 Å². The fraction of sp³-hybridized carbons (Fsp3) is 0.583. The SMILES string of the molecule is O=CC1(C(O)C2CCC=CO2)CCC=CO1. The first-order valence-electron chi connectivity index (χ1n) is 5.56. The summed E-state index contributed by atoms with van der Waals surface area (Å²) in [5.41, 5.74) is -1.13. The molecule has 1 N–H and O–H groups in total. The minimum atomic E-state index is -1.13. The van der Waals surface area contributed by atoms with Gasteiger partial charge in [0.15, 0.2) is 11.9 Å². The molecule has 0 radical (unpaired) electrons. The molecule has 0 amide bonds. The van der Waals surface area contributed by atoms with Gasteiger partial charge in [-0.3, -0.25) is 4.79 Å². The average Bonchev–Trinajstić information content (AvgIpc) is 2.39. The maximum absolute atomic E-state index is 11.2. The lowest BCUT2D eigenvalue weighted by atomic mass is 9.86. The van der Waals surface area contributed by atoms with Crippen molar-refractivity contribution in [3.63, 3.8) is 0 Å². The van der Waals surface area contributed by atoms with Gasteiger partial charge in [0.2, 0.25) is 0 Å². The Balaban J connectivity index is 2.10. The largest absolute Gasteiger partial charge is 0.495 e. The van der Waals surface area contributed by atoms with Crippen molar-refractivity contribution in [1.29, 1.82) is 0 Å². The van der Waals surface area contributed by atoms with E-state index >= 15 is 0 Å². The summed E-state index contributed by atoms with van der Waals surface area (Å²) in [6.07, 6.45) is 9.02. The number of allylic oxidation sites excluding steroid dienone is 2. The zero-order valence-electron chi connectivity index (χ0n) is 9.04. The van der Waals surface area contributed by atoms with Crippen molar-refractivity contribution in [3.05, 3.63) is 24.7 Å². The molecule has 0 saturated carbocycles. The van der Waals surface area contributed by atoms with Crippen LogP contribution < -0.4 is 0 Å². The second-order valence-electron chi connectivity index (χ2n) is 4.17. The van der Waals surface area contributed by atoms with Crippen LogP contribution in [0.1, 0.15) is 25.7 Å². The molecule has 0 aromatic rings. The molecule has 16 heavy (non-hydrogen) atoms. The van der Waals surface area contributed by atoms with E-state index in [-0.39, 0.29) is 6.10 Å². The second kappa shape index (κ2) is 4.70. The first-order chi connectivity index (χ1) is 7.78. The Morgan fingerprint density at radius 3 is 2.75 bits per heavy atom. The van der Waals surface area contributed by atoms with Crippen LogP contribution in [0, 0.1) is 0 Å². The molecule has 4 heteroatoms. The standard InChI is InChI=1S/C12H16O4/c13-9-12(6-2-4-8-16-12)11(14)10-5-1-3-7-15-10/h3-4,7-11,14H,1-2,5-6H2. The van der Waals surface area contributed by atoms with Gasteiger partial charge in [0.1, 0.15) is 12.2 Å². The topological polar surface area (TPSA) is 55.8 Å². The Hall–Kier alpha value is -1.29. The van der Waals surface area contributed by atoms with Crippen LogP contribution in [0.25, 0.3) is 0 Å². The van der Waals surface area contributed by atoms with Crippen LogP contribution in [0.15, 0.2) is 24.7 Å². The Morgan fingerprint density at radius 2 is 2.19 bits per heavy atom. The van der Waals surface area contributed by atoms with Gasteiger partial charge >= 0.3 is 0 Å². The van der Waals surface area contributed by atoms with E-state index in [1.54, 1.807) is 6.26 Å². The molecule has 3 unspecified atom stereocenters. The Morgan fingerprint density at radius 1 is 1.38 bits per heavy atom. The van der Waals surface area contributed by atoms with Crippen LogP contribution in [0.5, 0.6) is 0 Å². The number of hydrogen-bond acceptors (Lipinski definition) is 4. The number of carbonyl (C=O) groups excluding carboxylic acids is 1. The van der Waals surface area contributed by atoms with Crippen LogP contribution in [-0.2, 0) is 14.3 Å². The molecule has 88 valence electrons. The van der Waals surface area contributed by atoms with E-state index < -0.39 is 11.7 Å². The number of rotatable bonds is 3. The summed E-state index contributed by atoms with van der Waals surface area (Å²) < 4.78 is 10.7. The molecule has 0 saturated heterocycles. The summed E-state index contributed by atoms with van der Waals surface area (Å²) in [6, 6.07) is 0. The first-order valence-corrected chi connectivity index (χ1v) is 5.56. The van der Waals surface area contributed by atoms with Crippen molar-refractivity contribution >= 4 is 6.29 Å². The molecule has 0 spiro atoms. The van der Waals surface area contributed by atoms with Crippen molar-refractivity contribution < 1.29 is 19.4 Å². The fourth-order valence-corrected chi connectivity index (χ4v) is 2.08. The third-order valence-corrected chi connectivity index (χ3v) is 3.11. The number of ether oxygens (including phenoxy) is 2. The molecule has 4 nitrogen and oxygen atoms in total. The maximum atomic E-state index is 11.2. The van der Waals surface area contributed by atoms with Crippen LogP contribution in [0.4, 0.5) is 0 Å². The quantitative estimate of drug-likeness (QED) is 0.734. The van der Waals surface area contributed by atoms with E-state index in [1.807, 2.05) is 12.2 Å². The lowest BCUT2D eigenvalue weighted by molar-refractivity contribution is -0.157. The smallest absolute Gasteiger partial charge is 0.192 e. The van der Waals surface area contributed by atoms with Gasteiger partial charge < -0.3 is 14.6 Å². The number of aliphatic hydroxyl groups is 1. The molecule has 2 aliphatic heterocycles. The van der Waals surface area contributed by atoms with Gasteiger partial charge in [-0.1, -0.05) is 0 Å². The molecule has 3 atom stereocenters. The molecule has 2 rings (SSSR count). The zero-order chi connectivity index (χ0) is 11.4. The van der Waals surface area contributed by atoms with Crippen molar-refractivity contribution in [3.8, 4) is 0 Å². The van der Waals surface area contributed by atoms with Gasteiger partial charge in [-0.15, -0.1) is 0 Å². The molecule has 0 aromatic heterocycles. The van der Waals surface area contributed by atoms with E-state index in [9.17, 15) is 9.90 Å².